The fraction of sp³-hybridized carbons (Fsp3) is 0.333. The molecule has 1 aliphatic heterocycles. The summed E-state index contributed by atoms with van der Waals surface area (Å²) in [5, 5.41) is 9.67. The average Bonchev–Trinajstić information content (AvgIpc) is 3.29. The molecule has 0 spiro atoms. The molecule has 1 N–H and O–H groups in total. The van der Waals surface area contributed by atoms with Crippen molar-refractivity contribution in [1.29, 1.82) is 0 Å². The van der Waals surface area contributed by atoms with E-state index in [0.717, 1.165) is 47.9 Å². The minimum absolute atomic E-state index is 0.103. The van der Waals surface area contributed by atoms with E-state index in [0.29, 0.717) is 0 Å². The van der Waals surface area contributed by atoms with E-state index < -0.39 is 0 Å². The molecule has 0 amide bonds. The molecule has 1 saturated heterocycles. The van der Waals surface area contributed by atoms with Gasteiger partial charge in [-0.3, -0.25) is 0 Å². The molecule has 0 aliphatic carbocycles. The van der Waals surface area contributed by atoms with Crippen LogP contribution in [0.3, 0.4) is 0 Å². The lowest BCUT2D eigenvalue weighted by Crippen LogP contribution is -2.33. The predicted molar refractivity (Wildman–Crippen MR) is 92.4 cm³/mol. The van der Waals surface area contributed by atoms with Gasteiger partial charge in [0.1, 0.15) is 5.75 Å². The standard InChI is InChI=1S/C18H20N4O2/c1-24-16-7-3-2-6-14(16)15-11-21-10-8-19-17(21)18(20-15)22-9-4-5-13(22)12-23/h2-3,6-8,10-11,13,23H,4-5,9,12H2,1H3. The average molecular weight is 324 g/mol. The summed E-state index contributed by atoms with van der Waals surface area (Å²) in [5.41, 5.74) is 2.59. The quantitative estimate of drug-likeness (QED) is 0.798. The molecule has 6 heteroatoms. The van der Waals surface area contributed by atoms with E-state index >= 15 is 0 Å². The largest absolute Gasteiger partial charge is 0.496 e. The third kappa shape index (κ3) is 2.39. The molecule has 0 bridgehead atoms. The van der Waals surface area contributed by atoms with E-state index in [9.17, 15) is 5.11 Å². The Kier molecular flexibility index (Phi) is 3.82. The summed E-state index contributed by atoms with van der Waals surface area (Å²) in [6.45, 7) is 1.02. The minimum atomic E-state index is 0.103. The van der Waals surface area contributed by atoms with Gasteiger partial charge in [-0.25, -0.2) is 9.97 Å². The van der Waals surface area contributed by atoms with Crippen LogP contribution in [0.15, 0.2) is 42.9 Å². The van der Waals surface area contributed by atoms with Crippen LogP contribution in [0.25, 0.3) is 16.9 Å². The third-order valence-corrected chi connectivity index (χ3v) is 4.60. The van der Waals surface area contributed by atoms with Gasteiger partial charge in [-0.2, -0.15) is 0 Å². The minimum Gasteiger partial charge on any atom is -0.496 e. The van der Waals surface area contributed by atoms with Crippen molar-refractivity contribution in [2.75, 3.05) is 25.2 Å². The molecule has 124 valence electrons. The zero-order chi connectivity index (χ0) is 16.5. The van der Waals surface area contributed by atoms with E-state index in [1.54, 1.807) is 13.3 Å². The van der Waals surface area contributed by atoms with Crippen molar-refractivity contribution < 1.29 is 9.84 Å². The van der Waals surface area contributed by atoms with Gasteiger partial charge in [0.2, 0.25) is 0 Å². The smallest absolute Gasteiger partial charge is 0.180 e. The number of rotatable bonds is 4. The zero-order valence-electron chi connectivity index (χ0n) is 13.6. The monoisotopic (exact) mass is 324 g/mol. The lowest BCUT2D eigenvalue weighted by Gasteiger charge is -2.25. The number of nitrogens with zero attached hydrogens (tertiary/aromatic N) is 4. The summed E-state index contributed by atoms with van der Waals surface area (Å²) < 4.78 is 7.47. The molecule has 6 nitrogen and oxygen atoms in total. The highest BCUT2D eigenvalue weighted by molar-refractivity contribution is 5.73. The second-order valence-corrected chi connectivity index (χ2v) is 5.98. The first-order valence-electron chi connectivity index (χ1n) is 8.16. The van der Waals surface area contributed by atoms with Crippen molar-refractivity contribution in [1.82, 2.24) is 14.4 Å². The summed E-state index contributed by atoms with van der Waals surface area (Å²) in [4.78, 5) is 11.5. The number of fused-ring (bicyclic) bond motifs is 1. The highest BCUT2D eigenvalue weighted by Gasteiger charge is 2.27. The molecule has 1 unspecified atom stereocenters. The molecular formula is C18H20N4O2. The summed E-state index contributed by atoms with van der Waals surface area (Å²) in [5.74, 6) is 1.61. The first kappa shape index (κ1) is 15.0. The Hall–Kier alpha value is -2.60. The lowest BCUT2D eigenvalue weighted by atomic mass is 10.1. The van der Waals surface area contributed by atoms with Crippen LogP contribution in [0.5, 0.6) is 5.75 Å². The SMILES string of the molecule is COc1ccccc1-c1cn2ccnc2c(N2CCCC2CO)n1. The number of anilines is 1. The van der Waals surface area contributed by atoms with Crippen LogP contribution in [0, 0.1) is 0 Å². The molecule has 3 aromatic rings. The number of para-hydroxylation sites is 1. The number of aliphatic hydroxyl groups excluding tert-OH is 1. The van der Waals surface area contributed by atoms with Crippen LogP contribution in [-0.4, -0.2) is 45.8 Å². The van der Waals surface area contributed by atoms with Crippen LogP contribution in [-0.2, 0) is 0 Å². The number of hydrogen-bond donors (Lipinski definition) is 1. The number of ether oxygens (including phenoxy) is 1. The van der Waals surface area contributed by atoms with Crippen molar-refractivity contribution in [3.63, 3.8) is 0 Å². The van der Waals surface area contributed by atoms with Crippen LogP contribution >= 0.6 is 0 Å². The van der Waals surface area contributed by atoms with Gasteiger partial charge in [0, 0.05) is 30.7 Å². The molecule has 3 heterocycles. The molecule has 1 fully saturated rings. The second kappa shape index (κ2) is 6.13. The number of aliphatic hydroxyl groups is 1. The molecule has 0 radical (unpaired) electrons. The van der Waals surface area contributed by atoms with Gasteiger partial charge in [-0.05, 0) is 25.0 Å². The van der Waals surface area contributed by atoms with Crippen molar-refractivity contribution in [3.8, 4) is 17.0 Å². The molecule has 1 aromatic carbocycles. The predicted octanol–water partition coefficient (Wildman–Crippen LogP) is 2.37. The lowest BCUT2D eigenvalue weighted by molar-refractivity contribution is 0.266. The Labute approximate surface area is 140 Å². The summed E-state index contributed by atoms with van der Waals surface area (Å²) in [6.07, 6.45) is 7.69. The fourth-order valence-electron chi connectivity index (χ4n) is 3.40. The highest BCUT2D eigenvalue weighted by Crippen LogP contribution is 2.33. The first-order chi connectivity index (χ1) is 11.8. The maximum Gasteiger partial charge on any atom is 0.180 e. The Morgan fingerprint density at radius 3 is 3.04 bits per heavy atom. The van der Waals surface area contributed by atoms with Crippen LogP contribution in [0.4, 0.5) is 5.82 Å². The molecule has 1 aliphatic rings. The van der Waals surface area contributed by atoms with Crippen LogP contribution in [0.1, 0.15) is 12.8 Å². The number of benzene rings is 1. The van der Waals surface area contributed by atoms with E-state index in [-0.39, 0.29) is 12.6 Å². The topological polar surface area (TPSA) is 62.9 Å². The van der Waals surface area contributed by atoms with Gasteiger partial charge in [0.25, 0.3) is 0 Å². The van der Waals surface area contributed by atoms with Gasteiger partial charge in [-0.15, -0.1) is 0 Å². The second-order valence-electron chi connectivity index (χ2n) is 5.98. The number of methoxy groups -OCH3 is 1. The van der Waals surface area contributed by atoms with Crippen molar-refractivity contribution in [3.05, 3.63) is 42.9 Å². The van der Waals surface area contributed by atoms with Crippen molar-refractivity contribution >= 4 is 11.5 Å². The number of aromatic nitrogens is 3. The molecule has 1 atom stereocenters. The normalized spacial score (nSPS) is 17.6. The Morgan fingerprint density at radius 1 is 1.33 bits per heavy atom. The van der Waals surface area contributed by atoms with Crippen molar-refractivity contribution in [2.24, 2.45) is 0 Å². The van der Waals surface area contributed by atoms with E-state index in [1.165, 1.54) is 0 Å². The zero-order valence-corrected chi connectivity index (χ0v) is 13.6. The molecule has 4 rings (SSSR count). The van der Waals surface area contributed by atoms with Gasteiger partial charge in [0.05, 0.1) is 25.5 Å². The highest BCUT2D eigenvalue weighted by atomic mass is 16.5. The van der Waals surface area contributed by atoms with Crippen LogP contribution < -0.4 is 9.64 Å². The molecule has 2 aromatic heterocycles. The van der Waals surface area contributed by atoms with Gasteiger partial charge >= 0.3 is 0 Å². The third-order valence-electron chi connectivity index (χ3n) is 4.60. The summed E-state index contributed by atoms with van der Waals surface area (Å²) >= 11 is 0. The number of hydrogen-bond acceptors (Lipinski definition) is 5. The Bertz CT molecular complexity index is 861. The molecular weight excluding hydrogens is 304 g/mol. The molecule has 0 saturated carbocycles. The fourth-order valence-corrected chi connectivity index (χ4v) is 3.40. The Morgan fingerprint density at radius 2 is 2.21 bits per heavy atom. The van der Waals surface area contributed by atoms with Crippen LogP contribution in [0.2, 0.25) is 0 Å². The van der Waals surface area contributed by atoms with Gasteiger partial charge in [-0.1, -0.05) is 12.1 Å². The maximum atomic E-state index is 9.67. The van der Waals surface area contributed by atoms with E-state index in [1.807, 2.05) is 41.1 Å². The maximum absolute atomic E-state index is 9.67. The summed E-state index contributed by atoms with van der Waals surface area (Å²) in [6, 6.07) is 7.96. The van der Waals surface area contributed by atoms with E-state index in [4.69, 9.17) is 9.72 Å². The number of imidazole rings is 1. The Balaban J connectivity index is 1.89. The first-order valence-corrected chi connectivity index (χ1v) is 8.16. The van der Waals surface area contributed by atoms with E-state index in [2.05, 4.69) is 9.88 Å². The van der Waals surface area contributed by atoms with Gasteiger partial charge < -0.3 is 19.1 Å². The summed E-state index contributed by atoms with van der Waals surface area (Å²) in [7, 11) is 1.66. The van der Waals surface area contributed by atoms with Gasteiger partial charge in [0.15, 0.2) is 11.5 Å². The molecule has 24 heavy (non-hydrogen) atoms. The van der Waals surface area contributed by atoms with Crippen molar-refractivity contribution in [2.45, 2.75) is 18.9 Å².